The number of ether oxygens (including phenoxy) is 1. The quantitative estimate of drug-likeness (QED) is 0.459. The van der Waals surface area contributed by atoms with Crippen LogP contribution in [0.25, 0.3) is 0 Å². The van der Waals surface area contributed by atoms with Gasteiger partial charge in [-0.15, -0.1) is 0 Å². The van der Waals surface area contributed by atoms with Gasteiger partial charge >= 0.3 is 0 Å². The number of hydrogen-bond donors (Lipinski definition) is 1. The minimum atomic E-state index is -0.682. The Bertz CT molecular complexity index is 429. The molecule has 0 amide bonds. The molecule has 1 rings (SSSR count). The highest BCUT2D eigenvalue weighted by Gasteiger charge is 2.25. The molecule has 0 atom stereocenters. The van der Waals surface area contributed by atoms with Crippen molar-refractivity contribution in [2.45, 2.75) is 71.8 Å². The molecule has 2 heteroatoms. The van der Waals surface area contributed by atoms with E-state index in [2.05, 4.69) is 26.0 Å². The fraction of sp³-hybridized carbons (Fsp3) is 0.579. The van der Waals surface area contributed by atoms with Crippen molar-refractivity contribution in [1.82, 2.24) is 0 Å². The van der Waals surface area contributed by atoms with E-state index < -0.39 is 5.60 Å². The number of unbranched alkanes of at least 4 members (excludes halogenated alkanes) is 4. The molecular weight excluding hydrogens is 260 g/mol. The van der Waals surface area contributed by atoms with Crippen molar-refractivity contribution < 1.29 is 9.84 Å². The van der Waals surface area contributed by atoms with Gasteiger partial charge in [-0.1, -0.05) is 45.2 Å². The summed E-state index contributed by atoms with van der Waals surface area (Å²) in [7, 11) is 0. The minimum Gasteiger partial charge on any atom is -0.508 e. The second kappa shape index (κ2) is 8.76. The standard InChI is InChI=1S/C19H30O2/c1-5-7-8-9-10-11-18(20)19(3,4)21-17-14-12-16(6-2)13-15-17/h11-15,20H,5-10H2,1-4H3/b18-11-. The average Bonchev–Trinajstić information content (AvgIpc) is 2.47. The van der Waals surface area contributed by atoms with Crippen LogP contribution in [0.15, 0.2) is 36.1 Å². The Morgan fingerprint density at radius 2 is 1.76 bits per heavy atom. The lowest BCUT2D eigenvalue weighted by Gasteiger charge is -2.26. The summed E-state index contributed by atoms with van der Waals surface area (Å²) in [4.78, 5) is 0. The third-order valence-corrected chi connectivity index (χ3v) is 3.72. The number of aliphatic hydroxyl groups excluding tert-OH is 1. The molecular formula is C19H30O2. The highest BCUT2D eigenvalue weighted by atomic mass is 16.5. The summed E-state index contributed by atoms with van der Waals surface area (Å²) in [6, 6.07) is 8.07. The first-order valence-electron chi connectivity index (χ1n) is 8.17. The average molecular weight is 290 g/mol. The van der Waals surface area contributed by atoms with Crippen LogP contribution in [-0.4, -0.2) is 10.7 Å². The zero-order valence-corrected chi connectivity index (χ0v) is 14.0. The first-order chi connectivity index (χ1) is 9.99. The maximum Gasteiger partial charge on any atom is 0.159 e. The Labute approximate surface area is 129 Å². The number of benzene rings is 1. The van der Waals surface area contributed by atoms with Gasteiger partial charge in [-0.25, -0.2) is 0 Å². The Kier molecular flexibility index (Phi) is 7.35. The molecule has 0 heterocycles. The molecule has 0 saturated heterocycles. The molecule has 0 aliphatic rings. The van der Waals surface area contributed by atoms with Crippen molar-refractivity contribution in [2.75, 3.05) is 0 Å². The zero-order chi connectivity index (χ0) is 15.7. The van der Waals surface area contributed by atoms with Gasteiger partial charge in [0.25, 0.3) is 0 Å². The van der Waals surface area contributed by atoms with Crippen LogP contribution < -0.4 is 4.74 Å². The highest BCUT2D eigenvalue weighted by molar-refractivity contribution is 5.28. The third-order valence-electron chi connectivity index (χ3n) is 3.72. The van der Waals surface area contributed by atoms with Gasteiger partial charge in [0.2, 0.25) is 0 Å². The molecule has 0 saturated carbocycles. The predicted molar refractivity (Wildman–Crippen MR) is 90.0 cm³/mol. The van der Waals surface area contributed by atoms with Gasteiger partial charge in [0, 0.05) is 0 Å². The molecule has 0 aliphatic carbocycles. The summed E-state index contributed by atoms with van der Waals surface area (Å²) in [6.45, 7) is 8.14. The molecule has 21 heavy (non-hydrogen) atoms. The van der Waals surface area contributed by atoms with Crippen molar-refractivity contribution in [3.8, 4) is 5.75 Å². The number of hydrogen-bond acceptors (Lipinski definition) is 2. The van der Waals surface area contributed by atoms with Crippen molar-refractivity contribution in [3.05, 3.63) is 41.7 Å². The van der Waals surface area contributed by atoms with Crippen molar-refractivity contribution in [2.24, 2.45) is 0 Å². The van der Waals surface area contributed by atoms with E-state index in [1.807, 2.05) is 32.1 Å². The van der Waals surface area contributed by atoms with E-state index in [-0.39, 0.29) is 0 Å². The highest BCUT2D eigenvalue weighted by Crippen LogP contribution is 2.24. The fourth-order valence-corrected chi connectivity index (χ4v) is 2.20. The van der Waals surface area contributed by atoms with Crippen LogP contribution in [-0.2, 0) is 6.42 Å². The van der Waals surface area contributed by atoms with E-state index >= 15 is 0 Å². The van der Waals surface area contributed by atoms with Gasteiger partial charge in [-0.3, -0.25) is 0 Å². The summed E-state index contributed by atoms with van der Waals surface area (Å²) in [5.74, 6) is 1.11. The molecule has 1 N–H and O–H groups in total. The molecule has 0 radical (unpaired) electrons. The van der Waals surface area contributed by atoms with Crippen molar-refractivity contribution in [1.29, 1.82) is 0 Å². The molecule has 118 valence electrons. The maximum absolute atomic E-state index is 10.2. The Morgan fingerprint density at radius 1 is 1.10 bits per heavy atom. The van der Waals surface area contributed by atoms with Crippen LogP contribution in [0.1, 0.15) is 65.4 Å². The van der Waals surface area contributed by atoms with Crippen LogP contribution in [0.2, 0.25) is 0 Å². The Hall–Kier alpha value is -1.44. The lowest BCUT2D eigenvalue weighted by Crippen LogP contribution is -2.30. The molecule has 0 aromatic heterocycles. The first kappa shape index (κ1) is 17.6. The first-order valence-corrected chi connectivity index (χ1v) is 8.17. The summed E-state index contributed by atoms with van der Waals surface area (Å²) in [5, 5.41) is 10.2. The zero-order valence-electron chi connectivity index (χ0n) is 14.0. The number of rotatable bonds is 9. The van der Waals surface area contributed by atoms with Crippen molar-refractivity contribution >= 4 is 0 Å². The smallest absolute Gasteiger partial charge is 0.159 e. The molecule has 0 fully saturated rings. The van der Waals surface area contributed by atoms with Gasteiger partial charge in [0.1, 0.15) is 11.5 Å². The van der Waals surface area contributed by atoms with E-state index in [4.69, 9.17) is 4.74 Å². The number of aliphatic hydroxyl groups is 1. The number of aryl methyl sites for hydroxylation is 1. The molecule has 0 bridgehead atoms. The monoisotopic (exact) mass is 290 g/mol. The van der Waals surface area contributed by atoms with Crippen LogP contribution in [0.5, 0.6) is 5.75 Å². The van der Waals surface area contributed by atoms with Crippen LogP contribution in [0.3, 0.4) is 0 Å². The third kappa shape index (κ3) is 6.24. The summed E-state index contributed by atoms with van der Waals surface area (Å²) in [5.41, 5.74) is 0.606. The SMILES string of the molecule is CCCCCC/C=C(\O)C(C)(C)Oc1ccc(CC)cc1. The molecule has 1 aromatic rings. The minimum absolute atomic E-state index is 0.318. The molecule has 2 nitrogen and oxygen atoms in total. The second-order valence-electron chi connectivity index (χ2n) is 6.05. The lowest BCUT2D eigenvalue weighted by atomic mass is 10.0. The Morgan fingerprint density at radius 3 is 2.33 bits per heavy atom. The topological polar surface area (TPSA) is 29.5 Å². The Balaban J connectivity index is 2.55. The van der Waals surface area contributed by atoms with Crippen molar-refractivity contribution in [3.63, 3.8) is 0 Å². The largest absolute Gasteiger partial charge is 0.508 e. The summed E-state index contributed by atoms with van der Waals surface area (Å²) < 4.78 is 5.92. The van der Waals surface area contributed by atoms with Crippen LogP contribution >= 0.6 is 0 Å². The summed E-state index contributed by atoms with van der Waals surface area (Å²) in [6.07, 6.45) is 8.67. The predicted octanol–water partition coefficient (Wildman–Crippen LogP) is 5.82. The molecule has 1 aromatic carbocycles. The van der Waals surface area contributed by atoms with Crippen LogP contribution in [0.4, 0.5) is 0 Å². The molecule has 0 aliphatic heterocycles. The van der Waals surface area contributed by atoms with Gasteiger partial charge in [-0.05, 0) is 56.9 Å². The molecule has 0 unspecified atom stereocenters. The maximum atomic E-state index is 10.2. The van der Waals surface area contributed by atoms with Gasteiger partial charge < -0.3 is 9.84 Å². The van der Waals surface area contributed by atoms with Crippen LogP contribution in [0, 0.1) is 0 Å². The van der Waals surface area contributed by atoms with E-state index in [0.29, 0.717) is 5.76 Å². The van der Waals surface area contributed by atoms with Gasteiger partial charge in [0.05, 0.1) is 0 Å². The lowest BCUT2D eigenvalue weighted by molar-refractivity contribution is 0.0955. The number of allylic oxidation sites excluding steroid dienone is 1. The van der Waals surface area contributed by atoms with Gasteiger partial charge in [-0.2, -0.15) is 0 Å². The normalized spacial score (nSPS) is 12.5. The van der Waals surface area contributed by atoms with E-state index in [9.17, 15) is 5.11 Å². The van der Waals surface area contributed by atoms with E-state index in [0.717, 1.165) is 25.0 Å². The van der Waals surface area contributed by atoms with E-state index in [1.165, 1.54) is 24.8 Å². The summed E-state index contributed by atoms with van der Waals surface area (Å²) >= 11 is 0. The molecule has 0 spiro atoms. The van der Waals surface area contributed by atoms with Gasteiger partial charge in [0.15, 0.2) is 5.60 Å². The van der Waals surface area contributed by atoms with E-state index in [1.54, 1.807) is 0 Å². The fourth-order valence-electron chi connectivity index (χ4n) is 2.20. The second-order valence-corrected chi connectivity index (χ2v) is 6.05.